The molecule has 1 aliphatic rings. The van der Waals surface area contributed by atoms with Gasteiger partial charge in [0.05, 0.1) is 6.61 Å². The van der Waals surface area contributed by atoms with Crippen LogP contribution in [0.25, 0.3) is 0 Å². The Balaban J connectivity index is 1.94. The molecule has 4 heteroatoms. The van der Waals surface area contributed by atoms with Crippen LogP contribution >= 0.6 is 27.7 Å². The van der Waals surface area contributed by atoms with E-state index in [-0.39, 0.29) is 12.1 Å². The Bertz CT molecular complexity index is 357. The fourth-order valence-corrected chi connectivity index (χ4v) is 3.65. The fraction of sp³-hybridized carbons (Fsp3) is 0.500. The largest absolute Gasteiger partial charge is 0.394 e. The summed E-state index contributed by atoms with van der Waals surface area (Å²) in [6.45, 7) is 0.102. The van der Waals surface area contributed by atoms with Gasteiger partial charge in [-0.25, -0.2) is 0 Å². The normalized spacial score (nSPS) is 29.6. The highest BCUT2D eigenvalue weighted by atomic mass is 79.9. The predicted octanol–water partition coefficient (Wildman–Crippen LogP) is 2.78. The highest BCUT2D eigenvalue weighted by molar-refractivity contribution is 9.10. The molecule has 16 heavy (non-hydrogen) atoms. The van der Waals surface area contributed by atoms with Crippen LogP contribution in [0.2, 0.25) is 0 Å². The minimum atomic E-state index is -0.340. The summed E-state index contributed by atoms with van der Waals surface area (Å²) < 4.78 is 1.10. The summed E-state index contributed by atoms with van der Waals surface area (Å²) in [5.41, 5.74) is 5.72. The van der Waals surface area contributed by atoms with E-state index in [2.05, 4.69) is 40.2 Å². The molecule has 1 saturated carbocycles. The number of rotatable bonds is 3. The van der Waals surface area contributed by atoms with Crippen LogP contribution in [-0.4, -0.2) is 22.5 Å². The van der Waals surface area contributed by atoms with E-state index >= 15 is 0 Å². The maximum Gasteiger partial charge on any atom is 0.0611 e. The van der Waals surface area contributed by atoms with Gasteiger partial charge in [-0.3, -0.25) is 0 Å². The van der Waals surface area contributed by atoms with E-state index in [9.17, 15) is 5.11 Å². The van der Waals surface area contributed by atoms with Crippen LogP contribution in [0.5, 0.6) is 0 Å². The molecule has 1 aromatic rings. The minimum Gasteiger partial charge on any atom is -0.394 e. The SMILES string of the molecule is NC1(CO)CCC(Sc2ccc(Br)cc2)C1. The van der Waals surface area contributed by atoms with E-state index in [0.29, 0.717) is 5.25 Å². The monoisotopic (exact) mass is 301 g/mol. The lowest BCUT2D eigenvalue weighted by molar-refractivity contribution is 0.200. The van der Waals surface area contributed by atoms with E-state index < -0.39 is 0 Å². The Morgan fingerprint density at radius 3 is 2.69 bits per heavy atom. The summed E-state index contributed by atoms with van der Waals surface area (Å²) in [7, 11) is 0. The van der Waals surface area contributed by atoms with Crippen molar-refractivity contribution in [3.05, 3.63) is 28.7 Å². The zero-order chi connectivity index (χ0) is 11.6. The van der Waals surface area contributed by atoms with Gasteiger partial charge in [-0.1, -0.05) is 15.9 Å². The summed E-state index contributed by atoms with van der Waals surface area (Å²) in [4.78, 5) is 1.27. The van der Waals surface area contributed by atoms with Crippen LogP contribution in [0.4, 0.5) is 0 Å². The van der Waals surface area contributed by atoms with Gasteiger partial charge in [-0.05, 0) is 43.5 Å². The highest BCUT2D eigenvalue weighted by Crippen LogP contribution is 2.38. The molecule has 0 bridgehead atoms. The summed E-state index contributed by atoms with van der Waals surface area (Å²) in [6, 6.07) is 8.34. The first-order valence-electron chi connectivity index (χ1n) is 5.43. The van der Waals surface area contributed by atoms with Crippen LogP contribution in [-0.2, 0) is 0 Å². The molecular weight excluding hydrogens is 286 g/mol. The Labute approximate surface area is 109 Å². The van der Waals surface area contributed by atoms with Crippen molar-refractivity contribution < 1.29 is 5.11 Å². The number of aliphatic hydroxyl groups excluding tert-OH is 1. The lowest BCUT2D eigenvalue weighted by Crippen LogP contribution is -2.40. The van der Waals surface area contributed by atoms with Gasteiger partial charge in [0, 0.05) is 20.2 Å². The van der Waals surface area contributed by atoms with Crippen LogP contribution in [0.15, 0.2) is 33.6 Å². The van der Waals surface area contributed by atoms with Gasteiger partial charge in [0.25, 0.3) is 0 Å². The lowest BCUT2D eigenvalue weighted by Gasteiger charge is -2.20. The number of benzene rings is 1. The second-order valence-electron chi connectivity index (χ2n) is 4.46. The van der Waals surface area contributed by atoms with Gasteiger partial charge in [0.15, 0.2) is 0 Å². The van der Waals surface area contributed by atoms with Gasteiger partial charge in [0.1, 0.15) is 0 Å². The van der Waals surface area contributed by atoms with E-state index in [0.717, 1.165) is 23.7 Å². The van der Waals surface area contributed by atoms with Crippen molar-refractivity contribution in [2.24, 2.45) is 5.73 Å². The first-order valence-corrected chi connectivity index (χ1v) is 7.10. The van der Waals surface area contributed by atoms with Crippen molar-refractivity contribution in [3.8, 4) is 0 Å². The molecule has 88 valence electrons. The number of thioether (sulfide) groups is 1. The summed E-state index contributed by atoms with van der Waals surface area (Å²) in [6.07, 6.45) is 2.93. The van der Waals surface area contributed by atoms with Gasteiger partial charge in [0.2, 0.25) is 0 Å². The molecule has 3 N–H and O–H groups in total. The molecule has 0 aromatic heterocycles. The first-order chi connectivity index (χ1) is 7.61. The first kappa shape index (κ1) is 12.4. The molecule has 2 atom stereocenters. The molecule has 2 nitrogen and oxygen atoms in total. The third kappa shape index (κ3) is 3.00. The zero-order valence-corrected chi connectivity index (χ0v) is 11.4. The van der Waals surface area contributed by atoms with E-state index in [1.807, 2.05) is 11.8 Å². The summed E-state index contributed by atoms with van der Waals surface area (Å²) >= 11 is 5.29. The Hall–Kier alpha value is -0.0300. The molecule has 2 rings (SSSR count). The summed E-state index contributed by atoms with van der Waals surface area (Å²) in [5, 5.41) is 9.75. The number of nitrogens with two attached hydrogens (primary N) is 1. The molecule has 1 aliphatic carbocycles. The molecule has 0 saturated heterocycles. The van der Waals surface area contributed by atoms with Gasteiger partial charge in [-0.15, -0.1) is 11.8 Å². The van der Waals surface area contributed by atoms with Gasteiger partial charge in [-0.2, -0.15) is 0 Å². The Morgan fingerprint density at radius 1 is 1.44 bits per heavy atom. The van der Waals surface area contributed by atoms with Crippen molar-refractivity contribution in [2.75, 3.05) is 6.61 Å². The van der Waals surface area contributed by atoms with Crippen LogP contribution < -0.4 is 5.73 Å². The Morgan fingerprint density at radius 2 is 2.12 bits per heavy atom. The predicted molar refractivity (Wildman–Crippen MR) is 71.6 cm³/mol. The maximum atomic E-state index is 9.21. The molecule has 0 spiro atoms. The Kier molecular flexibility index (Phi) is 3.95. The van der Waals surface area contributed by atoms with Crippen molar-refractivity contribution >= 4 is 27.7 Å². The second kappa shape index (κ2) is 5.08. The van der Waals surface area contributed by atoms with Gasteiger partial charge < -0.3 is 10.8 Å². The number of halogens is 1. The van der Waals surface area contributed by atoms with E-state index in [1.54, 1.807) is 0 Å². The third-order valence-corrected chi connectivity index (χ3v) is 4.84. The minimum absolute atomic E-state index is 0.102. The quantitative estimate of drug-likeness (QED) is 0.902. The van der Waals surface area contributed by atoms with Crippen molar-refractivity contribution in [2.45, 2.75) is 34.9 Å². The number of hydrogen-bond acceptors (Lipinski definition) is 3. The highest BCUT2D eigenvalue weighted by Gasteiger charge is 2.35. The van der Waals surface area contributed by atoms with Crippen LogP contribution in [0.3, 0.4) is 0 Å². The smallest absolute Gasteiger partial charge is 0.0611 e. The number of hydrogen-bond donors (Lipinski definition) is 2. The van der Waals surface area contributed by atoms with Gasteiger partial charge >= 0.3 is 0 Å². The van der Waals surface area contributed by atoms with Crippen molar-refractivity contribution in [1.29, 1.82) is 0 Å². The molecule has 2 unspecified atom stereocenters. The molecular formula is C12H16BrNOS. The third-order valence-electron chi connectivity index (χ3n) is 3.03. The average Bonchev–Trinajstić information content (AvgIpc) is 2.65. The fourth-order valence-electron chi connectivity index (χ4n) is 2.06. The average molecular weight is 302 g/mol. The number of aliphatic hydroxyl groups is 1. The van der Waals surface area contributed by atoms with E-state index in [4.69, 9.17) is 5.73 Å². The van der Waals surface area contributed by atoms with Crippen LogP contribution in [0, 0.1) is 0 Å². The second-order valence-corrected chi connectivity index (χ2v) is 6.75. The van der Waals surface area contributed by atoms with E-state index in [1.165, 1.54) is 4.90 Å². The maximum absolute atomic E-state index is 9.21. The standard InChI is InChI=1S/C12H16BrNOS/c13-9-1-3-10(4-2-9)16-11-5-6-12(14,7-11)8-15/h1-4,11,15H,5-8,14H2. The van der Waals surface area contributed by atoms with Crippen LogP contribution in [0.1, 0.15) is 19.3 Å². The molecule has 1 aromatic carbocycles. The zero-order valence-electron chi connectivity index (χ0n) is 9.03. The molecule has 0 aliphatic heterocycles. The summed E-state index contributed by atoms with van der Waals surface area (Å²) in [5.74, 6) is 0. The lowest BCUT2D eigenvalue weighted by atomic mass is 10.0. The van der Waals surface area contributed by atoms with Crippen molar-refractivity contribution in [3.63, 3.8) is 0 Å². The molecule has 1 fully saturated rings. The topological polar surface area (TPSA) is 46.2 Å². The van der Waals surface area contributed by atoms with Crippen molar-refractivity contribution in [1.82, 2.24) is 0 Å². The molecule has 0 radical (unpaired) electrons. The molecule has 0 heterocycles. The molecule has 0 amide bonds.